The first kappa shape index (κ1) is 16.6. The predicted molar refractivity (Wildman–Crippen MR) is 93.0 cm³/mol. The largest absolute Gasteiger partial charge is 0.433 e. The minimum Gasteiger partial charge on any atom is -0.433 e. The number of allylic oxidation sites excluding steroid dienone is 2. The maximum atomic E-state index is 11.6. The Morgan fingerprint density at radius 1 is 1.08 bits per heavy atom. The van der Waals surface area contributed by atoms with E-state index in [4.69, 9.17) is 4.74 Å². The molecule has 1 N–H and O–H groups in total. The van der Waals surface area contributed by atoms with Gasteiger partial charge in [0.15, 0.2) is 0 Å². The number of hydrogen-bond acceptors (Lipinski definition) is 3. The van der Waals surface area contributed by atoms with Crippen LogP contribution in [0.4, 0.5) is 0 Å². The van der Waals surface area contributed by atoms with Gasteiger partial charge in [-0.1, -0.05) is 26.0 Å². The first-order valence-corrected chi connectivity index (χ1v) is 9.87. The second-order valence-corrected chi connectivity index (χ2v) is 9.44. The Bertz CT molecular complexity index is 569. The van der Waals surface area contributed by atoms with Gasteiger partial charge in [0.2, 0.25) is 5.79 Å². The van der Waals surface area contributed by atoms with Gasteiger partial charge in [-0.05, 0) is 74.0 Å². The molecular formula is C21H32O3. The summed E-state index contributed by atoms with van der Waals surface area (Å²) in [7, 11) is 0. The minimum absolute atomic E-state index is 0.270. The van der Waals surface area contributed by atoms with Gasteiger partial charge in [0.05, 0.1) is 0 Å². The van der Waals surface area contributed by atoms with E-state index in [1.807, 2.05) is 0 Å². The summed E-state index contributed by atoms with van der Waals surface area (Å²) >= 11 is 0. The highest BCUT2D eigenvalue weighted by atomic mass is 16.7. The summed E-state index contributed by atoms with van der Waals surface area (Å²) in [5, 5.41) is 11.1. The Hall–Kier alpha value is -0.830. The topological polar surface area (TPSA) is 46.5 Å². The quantitative estimate of drug-likeness (QED) is 0.438. The molecule has 0 radical (unpaired) electrons. The van der Waals surface area contributed by atoms with E-state index in [0.717, 1.165) is 24.7 Å². The van der Waals surface area contributed by atoms with Gasteiger partial charge in [-0.2, -0.15) is 0 Å². The zero-order valence-corrected chi connectivity index (χ0v) is 15.4. The van der Waals surface area contributed by atoms with Gasteiger partial charge in [-0.25, -0.2) is 0 Å². The van der Waals surface area contributed by atoms with Crippen molar-refractivity contribution < 1.29 is 14.6 Å². The minimum atomic E-state index is -1.25. The van der Waals surface area contributed by atoms with Crippen LogP contribution < -0.4 is 0 Å². The Labute approximate surface area is 145 Å². The van der Waals surface area contributed by atoms with Crippen molar-refractivity contribution in [1.29, 1.82) is 0 Å². The number of ether oxygens (including phenoxy) is 1. The van der Waals surface area contributed by atoms with Crippen molar-refractivity contribution in [3.8, 4) is 0 Å². The maximum Gasteiger partial charge on any atom is 0.305 e. The number of carbonyl (C=O) groups excluding carboxylic acids is 1. The maximum absolute atomic E-state index is 11.6. The van der Waals surface area contributed by atoms with Crippen LogP contribution in [0.5, 0.6) is 0 Å². The molecule has 0 aromatic heterocycles. The van der Waals surface area contributed by atoms with E-state index < -0.39 is 5.79 Å². The van der Waals surface area contributed by atoms with E-state index >= 15 is 0 Å². The number of rotatable bonds is 1. The summed E-state index contributed by atoms with van der Waals surface area (Å²) in [5.74, 6) is 1.17. The lowest BCUT2D eigenvalue weighted by atomic mass is 9.45. The molecule has 3 saturated carbocycles. The van der Waals surface area contributed by atoms with Gasteiger partial charge >= 0.3 is 5.97 Å². The van der Waals surface area contributed by atoms with Gasteiger partial charge in [-0.3, -0.25) is 4.79 Å². The van der Waals surface area contributed by atoms with Crippen LogP contribution in [-0.4, -0.2) is 16.9 Å². The van der Waals surface area contributed by atoms with E-state index in [1.54, 1.807) is 0 Å². The highest BCUT2D eigenvalue weighted by Gasteiger charge is 2.65. The molecule has 0 aliphatic heterocycles. The highest BCUT2D eigenvalue weighted by molar-refractivity contribution is 5.66. The van der Waals surface area contributed by atoms with Crippen LogP contribution in [0.25, 0.3) is 0 Å². The van der Waals surface area contributed by atoms with Crippen molar-refractivity contribution in [2.24, 2.45) is 34.5 Å². The summed E-state index contributed by atoms with van der Waals surface area (Å²) in [6, 6.07) is 0. The molecule has 0 saturated heterocycles. The molecule has 0 aromatic carbocycles. The fraction of sp³-hybridized carbons (Fsp3) is 0.857. The molecule has 4 rings (SSSR count). The highest BCUT2D eigenvalue weighted by Crippen LogP contribution is 2.67. The first-order chi connectivity index (χ1) is 11.3. The molecule has 4 aliphatic rings. The van der Waals surface area contributed by atoms with E-state index in [2.05, 4.69) is 26.0 Å². The fourth-order valence-electron chi connectivity index (χ4n) is 7.22. The smallest absolute Gasteiger partial charge is 0.305 e. The van der Waals surface area contributed by atoms with Crippen LogP contribution in [0.2, 0.25) is 0 Å². The van der Waals surface area contributed by atoms with Crippen molar-refractivity contribution in [2.75, 3.05) is 0 Å². The molecule has 4 aliphatic carbocycles. The average Bonchev–Trinajstić information content (AvgIpc) is 2.77. The van der Waals surface area contributed by atoms with Crippen molar-refractivity contribution in [2.45, 2.75) is 77.9 Å². The molecule has 3 fully saturated rings. The van der Waals surface area contributed by atoms with Crippen LogP contribution >= 0.6 is 0 Å². The first-order valence-electron chi connectivity index (χ1n) is 9.87. The molecule has 0 spiro atoms. The van der Waals surface area contributed by atoms with Gasteiger partial charge < -0.3 is 9.84 Å². The summed E-state index contributed by atoms with van der Waals surface area (Å²) in [6.45, 7) is 6.12. The summed E-state index contributed by atoms with van der Waals surface area (Å²) in [4.78, 5) is 11.6. The number of fused-ring (bicyclic) bond motifs is 5. The van der Waals surface area contributed by atoms with Crippen LogP contribution in [0.3, 0.4) is 0 Å². The Morgan fingerprint density at radius 2 is 1.83 bits per heavy atom. The monoisotopic (exact) mass is 332 g/mol. The van der Waals surface area contributed by atoms with Crippen molar-refractivity contribution in [3.05, 3.63) is 12.2 Å². The van der Waals surface area contributed by atoms with Crippen molar-refractivity contribution in [3.63, 3.8) is 0 Å². The van der Waals surface area contributed by atoms with E-state index in [0.29, 0.717) is 23.7 Å². The predicted octanol–water partition coefficient (Wildman–Crippen LogP) is 4.45. The van der Waals surface area contributed by atoms with Crippen LogP contribution in [0.15, 0.2) is 12.2 Å². The molecule has 0 unspecified atom stereocenters. The molecule has 134 valence electrons. The summed E-state index contributed by atoms with van der Waals surface area (Å²) in [6.07, 6.45) is 13.6. The molecule has 0 amide bonds. The second kappa shape index (κ2) is 5.33. The zero-order chi connectivity index (χ0) is 17.2. The van der Waals surface area contributed by atoms with Crippen molar-refractivity contribution >= 4 is 5.97 Å². The van der Waals surface area contributed by atoms with E-state index in [1.165, 1.54) is 39.0 Å². The number of carbonyl (C=O) groups is 1. The van der Waals surface area contributed by atoms with E-state index in [9.17, 15) is 9.90 Å². The van der Waals surface area contributed by atoms with Gasteiger partial charge in [0.1, 0.15) is 0 Å². The molecule has 7 atom stereocenters. The SMILES string of the molecule is CC(=O)O[C@@]1(O)CC[C@H]2[C@@H]3CC[C@H]4CC=CC[C@]4(C)[C@H]3CC[C@@]21C. The van der Waals surface area contributed by atoms with Crippen LogP contribution in [-0.2, 0) is 9.53 Å². The lowest BCUT2D eigenvalue weighted by Gasteiger charge is -2.60. The van der Waals surface area contributed by atoms with Gasteiger partial charge in [0, 0.05) is 18.8 Å². The number of esters is 1. The molecule has 24 heavy (non-hydrogen) atoms. The third-order valence-electron chi connectivity index (χ3n) is 8.60. The standard InChI is InChI=1S/C21H32O3/c1-14(22)24-21(23)13-10-18-16-8-7-15-6-4-5-11-19(15,2)17(16)9-12-20(18,21)3/h4-5,15-18,23H,6-13H2,1-3H3/t15-,16-,17+,18+,19+,20+,21+/m1/s1. The molecular weight excluding hydrogens is 300 g/mol. The van der Waals surface area contributed by atoms with Gasteiger partial charge in [-0.15, -0.1) is 0 Å². The molecule has 0 heterocycles. The molecule has 0 aromatic rings. The van der Waals surface area contributed by atoms with Crippen LogP contribution in [0, 0.1) is 34.5 Å². The van der Waals surface area contributed by atoms with E-state index in [-0.39, 0.29) is 11.4 Å². The summed E-state index contributed by atoms with van der Waals surface area (Å²) in [5.41, 5.74) is 0.161. The lowest BCUT2D eigenvalue weighted by Crippen LogP contribution is -2.56. The zero-order valence-electron chi connectivity index (χ0n) is 15.4. The Kier molecular flexibility index (Phi) is 3.69. The summed E-state index contributed by atoms with van der Waals surface area (Å²) < 4.78 is 5.49. The molecule has 3 nitrogen and oxygen atoms in total. The third-order valence-corrected chi connectivity index (χ3v) is 8.60. The second-order valence-electron chi connectivity index (χ2n) is 9.44. The number of aliphatic hydroxyl groups is 1. The lowest BCUT2D eigenvalue weighted by molar-refractivity contribution is -0.265. The van der Waals surface area contributed by atoms with Gasteiger partial charge in [0.25, 0.3) is 0 Å². The normalized spacial score (nSPS) is 53.0. The van der Waals surface area contributed by atoms with Crippen molar-refractivity contribution in [1.82, 2.24) is 0 Å². The Balaban J connectivity index is 1.64. The third kappa shape index (κ3) is 2.09. The fourth-order valence-corrected chi connectivity index (χ4v) is 7.22. The number of hydrogen-bond donors (Lipinski definition) is 1. The molecule has 3 heteroatoms. The Morgan fingerprint density at radius 3 is 2.58 bits per heavy atom. The van der Waals surface area contributed by atoms with Crippen LogP contribution in [0.1, 0.15) is 72.1 Å². The molecule has 0 bridgehead atoms. The average molecular weight is 332 g/mol.